The first kappa shape index (κ1) is 5.51. The van der Waals surface area contributed by atoms with E-state index >= 15 is 0 Å². The Bertz CT molecular complexity index is 167. The summed E-state index contributed by atoms with van der Waals surface area (Å²) in [6, 6.07) is 0. The predicted molar refractivity (Wildman–Crippen MR) is 30.6 cm³/mol. The maximum absolute atomic E-state index is 5.52. The lowest BCUT2D eigenvalue weighted by atomic mass is 10.5. The van der Waals surface area contributed by atoms with Gasteiger partial charge in [-0.1, -0.05) is 11.6 Å². The number of hydrogen-bond donors (Lipinski definition) is 0. The van der Waals surface area contributed by atoms with Gasteiger partial charge >= 0.3 is 0 Å². The highest BCUT2D eigenvalue weighted by Crippen LogP contribution is 2.04. The summed E-state index contributed by atoms with van der Waals surface area (Å²) < 4.78 is 0. The predicted octanol–water partition coefficient (Wildman–Crippen LogP) is 1.24. The van der Waals surface area contributed by atoms with Crippen LogP contribution in [0.5, 0.6) is 0 Å². The molecule has 0 unspecified atom stereocenters. The highest BCUT2D eigenvalue weighted by atomic mass is 35.5. The fourth-order valence-corrected chi connectivity index (χ4v) is 0.442. The molecule has 2 nitrogen and oxygen atoms in total. The van der Waals surface area contributed by atoms with Crippen LogP contribution in [0.15, 0.2) is 6.20 Å². The van der Waals surface area contributed by atoms with Gasteiger partial charge in [0.15, 0.2) is 0 Å². The van der Waals surface area contributed by atoms with Crippen molar-refractivity contribution in [1.29, 1.82) is 0 Å². The van der Waals surface area contributed by atoms with E-state index in [0.717, 1.165) is 0 Å². The molecule has 0 N–H and O–H groups in total. The Kier molecular flexibility index (Phi) is 1.44. The number of aryl methyl sites for hydroxylation is 1. The number of halogens is 1. The highest BCUT2D eigenvalue weighted by Gasteiger charge is 1.90. The van der Waals surface area contributed by atoms with Crippen molar-refractivity contribution in [3.05, 3.63) is 23.2 Å². The van der Waals surface area contributed by atoms with E-state index in [1.807, 2.05) is 0 Å². The molecule has 0 aliphatic heterocycles. The number of rotatable bonds is 0. The van der Waals surface area contributed by atoms with Gasteiger partial charge in [-0.2, -0.15) is 0 Å². The highest BCUT2D eigenvalue weighted by molar-refractivity contribution is 6.29. The van der Waals surface area contributed by atoms with Crippen LogP contribution in [-0.4, -0.2) is 9.97 Å². The minimum Gasteiger partial charge on any atom is -0.247 e. The molecule has 3 heteroatoms. The molecule has 41 valence electrons. The van der Waals surface area contributed by atoms with Crippen molar-refractivity contribution < 1.29 is 0 Å². The maximum atomic E-state index is 5.52. The van der Waals surface area contributed by atoms with E-state index < -0.39 is 0 Å². The van der Waals surface area contributed by atoms with E-state index in [1.54, 1.807) is 6.92 Å². The molecular formula is C5H4ClN2. The van der Waals surface area contributed by atoms with E-state index in [1.165, 1.54) is 6.20 Å². The van der Waals surface area contributed by atoms with Crippen LogP contribution in [0, 0.1) is 13.1 Å². The van der Waals surface area contributed by atoms with Crippen molar-refractivity contribution in [2.45, 2.75) is 6.92 Å². The minimum absolute atomic E-state index is 0.448. The van der Waals surface area contributed by atoms with E-state index in [-0.39, 0.29) is 0 Å². The monoisotopic (exact) mass is 127 g/mol. The second-order valence-corrected chi connectivity index (χ2v) is 1.73. The van der Waals surface area contributed by atoms with Gasteiger partial charge in [-0.05, 0) is 6.92 Å². The fourth-order valence-electron chi connectivity index (χ4n) is 0.351. The van der Waals surface area contributed by atoms with Crippen LogP contribution in [0.2, 0.25) is 5.15 Å². The molecule has 0 atom stereocenters. The number of nitrogens with zero attached hydrogens (tertiary/aromatic N) is 2. The van der Waals surface area contributed by atoms with Gasteiger partial charge in [-0.25, -0.2) is 9.97 Å². The van der Waals surface area contributed by atoms with Crippen LogP contribution in [0.1, 0.15) is 5.69 Å². The zero-order valence-electron chi connectivity index (χ0n) is 4.35. The Hall–Kier alpha value is -0.630. The molecule has 1 radical (unpaired) electrons. The molecule has 1 rings (SSSR count). The molecule has 0 spiro atoms. The van der Waals surface area contributed by atoms with Crippen LogP contribution in [0.4, 0.5) is 0 Å². The molecule has 0 aliphatic carbocycles. The van der Waals surface area contributed by atoms with Crippen LogP contribution >= 0.6 is 11.6 Å². The van der Waals surface area contributed by atoms with Gasteiger partial charge in [0.2, 0.25) is 0 Å². The first-order valence-corrected chi connectivity index (χ1v) is 2.53. The lowest BCUT2D eigenvalue weighted by Gasteiger charge is -1.88. The largest absolute Gasteiger partial charge is 0.247 e. The van der Waals surface area contributed by atoms with Gasteiger partial charge < -0.3 is 0 Å². The molecule has 0 aliphatic rings. The average molecular weight is 128 g/mol. The van der Waals surface area contributed by atoms with Crippen LogP contribution in [0.3, 0.4) is 0 Å². The third-order valence-corrected chi connectivity index (χ3v) is 1.14. The summed E-state index contributed by atoms with van der Waals surface area (Å²) in [4.78, 5) is 7.49. The molecule has 1 aromatic heterocycles. The van der Waals surface area contributed by atoms with Crippen LogP contribution in [0.25, 0.3) is 0 Å². The average Bonchev–Trinajstić information content (AvgIpc) is 1.77. The van der Waals surface area contributed by atoms with Crippen LogP contribution < -0.4 is 0 Å². The summed E-state index contributed by atoms with van der Waals surface area (Å²) in [5, 5.41) is 0.448. The fraction of sp³-hybridized carbons (Fsp3) is 0.200. The standard InChI is InChI=1S/C5H4ClN2/c1-4-5(6)8-3-2-7-4/h3H,1H3. The molecular weight excluding hydrogens is 124 g/mol. The van der Waals surface area contributed by atoms with Crippen molar-refractivity contribution in [3.63, 3.8) is 0 Å². The lowest BCUT2D eigenvalue weighted by molar-refractivity contribution is 1.11. The number of hydrogen-bond acceptors (Lipinski definition) is 2. The van der Waals surface area contributed by atoms with Gasteiger partial charge in [-0.3, -0.25) is 0 Å². The first-order valence-electron chi connectivity index (χ1n) is 2.16. The van der Waals surface area contributed by atoms with Crippen molar-refractivity contribution in [3.8, 4) is 0 Å². The Balaban J connectivity index is 3.13. The zero-order valence-corrected chi connectivity index (χ0v) is 5.11. The maximum Gasteiger partial charge on any atom is 0.150 e. The summed E-state index contributed by atoms with van der Waals surface area (Å²) in [5.74, 6) is 0. The van der Waals surface area contributed by atoms with Gasteiger partial charge in [0, 0.05) is 0 Å². The zero-order chi connectivity index (χ0) is 5.98. The Morgan fingerprint density at radius 1 is 1.75 bits per heavy atom. The molecule has 0 fully saturated rings. The molecule has 0 bridgehead atoms. The van der Waals surface area contributed by atoms with E-state index in [4.69, 9.17) is 11.6 Å². The second-order valence-electron chi connectivity index (χ2n) is 1.38. The summed E-state index contributed by atoms with van der Waals surface area (Å²) in [6.07, 6.45) is 4.00. The van der Waals surface area contributed by atoms with E-state index in [0.29, 0.717) is 10.8 Å². The van der Waals surface area contributed by atoms with Crippen molar-refractivity contribution in [2.24, 2.45) is 0 Å². The summed E-state index contributed by atoms with van der Waals surface area (Å²) in [6.45, 7) is 1.78. The quantitative estimate of drug-likeness (QED) is 0.524. The SMILES string of the molecule is Cc1n[c]cnc1Cl. The molecule has 1 heterocycles. The molecule has 8 heavy (non-hydrogen) atoms. The van der Waals surface area contributed by atoms with Crippen molar-refractivity contribution in [1.82, 2.24) is 9.97 Å². The molecule has 0 saturated heterocycles. The lowest BCUT2D eigenvalue weighted by Crippen LogP contribution is -1.82. The third kappa shape index (κ3) is 0.954. The van der Waals surface area contributed by atoms with E-state index in [2.05, 4.69) is 16.2 Å². The summed E-state index contributed by atoms with van der Waals surface area (Å²) in [7, 11) is 0. The Morgan fingerprint density at radius 3 is 2.88 bits per heavy atom. The number of aromatic nitrogens is 2. The van der Waals surface area contributed by atoms with E-state index in [9.17, 15) is 0 Å². The molecule has 0 aromatic carbocycles. The first-order chi connectivity index (χ1) is 3.80. The van der Waals surface area contributed by atoms with Crippen LogP contribution in [-0.2, 0) is 0 Å². The van der Waals surface area contributed by atoms with Crippen molar-refractivity contribution >= 4 is 11.6 Å². The third-order valence-electron chi connectivity index (χ3n) is 0.766. The van der Waals surface area contributed by atoms with Gasteiger partial charge in [0.1, 0.15) is 11.3 Å². The summed E-state index contributed by atoms with van der Waals surface area (Å²) in [5.41, 5.74) is 0.717. The normalized spacial score (nSPS) is 9.25. The Labute approximate surface area is 52.5 Å². The van der Waals surface area contributed by atoms with Crippen molar-refractivity contribution in [2.75, 3.05) is 0 Å². The second kappa shape index (κ2) is 2.09. The topological polar surface area (TPSA) is 25.8 Å². The molecule has 1 aromatic rings. The van der Waals surface area contributed by atoms with Gasteiger partial charge in [0.05, 0.1) is 11.9 Å². The summed E-state index contributed by atoms with van der Waals surface area (Å²) >= 11 is 5.52. The van der Waals surface area contributed by atoms with Gasteiger partial charge in [0.25, 0.3) is 0 Å². The molecule has 0 amide bonds. The smallest absolute Gasteiger partial charge is 0.150 e. The molecule has 0 saturated carbocycles. The Morgan fingerprint density at radius 2 is 2.50 bits per heavy atom. The van der Waals surface area contributed by atoms with Gasteiger partial charge in [-0.15, -0.1) is 0 Å². The minimum atomic E-state index is 0.448.